The summed E-state index contributed by atoms with van der Waals surface area (Å²) in [7, 11) is 5.02. The average molecular weight is 218 g/mol. The van der Waals surface area contributed by atoms with E-state index in [0.717, 1.165) is 0 Å². The highest BCUT2D eigenvalue weighted by molar-refractivity contribution is 5.78. The van der Waals surface area contributed by atoms with E-state index in [-0.39, 0.29) is 11.9 Å². The predicted octanol–water partition coefficient (Wildman–Crippen LogP) is -0.284. The molecule has 1 amide bonds. The number of rotatable bonds is 8. The van der Waals surface area contributed by atoms with E-state index in [1.54, 1.807) is 26.2 Å². The molecule has 1 atom stereocenters. The lowest BCUT2D eigenvalue weighted by Crippen LogP contribution is -2.46. The summed E-state index contributed by atoms with van der Waals surface area (Å²) in [5.41, 5.74) is 0. The van der Waals surface area contributed by atoms with Gasteiger partial charge in [-0.1, -0.05) is 0 Å². The molecule has 90 valence electrons. The van der Waals surface area contributed by atoms with Gasteiger partial charge in [0.2, 0.25) is 5.91 Å². The molecule has 0 spiro atoms. The van der Waals surface area contributed by atoms with E-state index in [1.807, 2.05) is 6.92 Å². The highest BCUT2D eigenvalue weighted by Crippen LogP contribution is 2.00. The van der Waals surface area contributed by atoms with Gasteiger partial charge in [0.15, 0.2) is 0 Å². The Labute approximate surface area is 91.7 Å². The topological polar surface area (TPSA) is 50.8 Å². The standard InChI is InChI=1S/C10H22N2O3/c1-9(8-15-4)12(5-6-14-3)10(13)7-11-2/h9,11H,5-8H2,1-4H3. The van der Waals surface area contributed by atoms with Crippen LogP contribution in [0.5, 0.6) is 0 Å². The van der Waals surface area contributed by atoms with E-state index in [4.69, 9.17) is 9.47 Å². The molecule has 0 aromatic heterocycles. The summed E-state index contributed by atoms with van der Waals surface area (Å²) in [6.07, 6.45) is 0. The van der Waals surface area contributed by atoms with Crippen LogP contribution in [0.3, 0.4) is 0 Å². The van der Waals surface area contributed by atoms with Gasteiger partial charge >= 0.3 is 0 Å². The zero-order valence-corrected chi connectivity index (χ0v) is 10.1. The number of methoxy groups -OCH3 is 2. The Kier molecular flexibility index (Phi) is 8.27. The van der Waals surface area contributed by atoms with Crippen molar-refractivity contribution in [2.45, 2.75) is 13.0 Å². The van der Waals surface area contributed by atoms with Crippen LogP contribution in [0.25, 0.3) is 0 Å². The van der Waals surface area contributed by atoms with E-state index in [0.29, 0.717) is 26.3 Å². The largest absolute Gasteiger partial charge is 0.383 e. The van der Waals surface area contributed by atoms with Crippen LogP contribution in [-0.2, 0) is 14.3 Å². The van der Waals surface area contributed by atoms with Gasteiger partial charge in [-0.2, -0.15) is 0 Å². The maximum absolute atomic E-state index is 11.7. The van der Waals surface area contributed by atoms with Crippen LogP contribution < -0.4 is 5.32 Å². The Morgan fingerprint density at radius 2 is 2.07 bits per heavy atom. The molecule has 1 unspecified atom stereocenters. The lowest BCUT2D eigenvalue weighted by Gasteiger charge is -2.28. The SMILES string of the molecule is CNCC(=O)N(CCOC)C(C)COC. The van der Waals surface area contributed by atoms with Crippen molar-refractivity contribution >= 4 is 5.91 Å². The highest BCUT2D eigenvalue weighted by Gasteiger charge is 2.18. The van der Waals surface area contributed by atoms with Crippen LogP contribution in [-0.4, -0.2) is 64.4 Å². The van der Waals surface area contributed by atoms with Crippen LogP contribution in [0, 0.1) is 0 Å². The average Bonchev–Trinajstić information content (AvgIpc) is 2.19. The zero-order chi connectivity index (χ0) is 11.7. The predicted molar refractivity (Wildman–Crippen MR) is 58.9 cm³/mol. The first-order valence-corrected chi connectivity index (χ1v) is 5.09. The van der Waals surface area contributed by atoms with Crippen LogP contribution in [0.1, 0.15) is 6.92 Å². The number of likely N-dealkylation sites (N-methyl/N-ethyl adjacent to an activating group) is 1. The molecule has 5 nitrogen and oxygen atoms in total. The maximum atomic E-state index is 11.7. The molecular formula is C10H22N2O3. The lowest BCUT2D eigenvalue weighted by molar-refractivity contribution is -0.133. The first kappa shape index (κ1) is 14.3. The molecule has 0 aliphatic rings. The van der Waals surface area contributed by atoms with Crippen molar-refractivity contribution in [3.05, 3.63) is 0 Å². The normalized spacial score (nSPS) is 12.5. The van der Waals surface area contributed by atoms with Gasteiger partial charge in [-0.15, -0.1) is 0 Å². The second kappa shape index (κ2) is 8.64. The fourth-order valence-electron chi connectivity index (χ4n) is 1.36. The Hall–Kier alpha value is -0.650. The van der Waals surface area contributed by atoms with Gasteiger partial charge in [0.1, 0.15) is 0 Å². The van der Waals surface area contributed by atoms with Gasteiger partial charge in [0.25, 0.3) is 0 Å². The molecule has 0 fully saturated rings. The first-order valence-electron chi connectivity index (χ1n) is 5.09. The Morgan fingerprint density at radius 3 is 2.53 bits per heavy atom. The van der Waals surface area contributed by atoms with Crippen molar-refractivity contribution in [2.24, 2.45) is 0 Å². The molecule has 0 aromatic carbocycles. The molecule has 0 saturated heterocycles. The van der Waals surface area contributed by atoms with Gasteiger partial charge in [0, 0.05) is 20.8 Å². The minimum absolute atomic E-state index is 0.0686. The van der Waals surface area contributed by atoms with Crippen molar-refractivity contribution in [3.8, 4) is 0 Å². The van der Waals surface area contributed by atoms with E-state index in [9.17, 15) is 4.79 Å². The van der Waals surface area contributed by atoms with Crippen molar-refractivity contribution in [2.75, 3.05) is 47.6 Å². The summed E-state index contributed by atoms with van der Waals surface area (Å²) >= 11 is 0. The number of carbonyl (C=O) groups excluding carboxylic acids is 1. The molecule has 0 aromatic rings. The third kappa shape index (κ3) is 5.71. The van der Waals surface area contributed by atoms with Crippen LogP contribution in [0.15, 0.2) is 0 Å². The Morgan fingerprint density at radius 1 is 1.40 bits per heavy atom. The van der Waals surface area contributed by atoms with Crippen molar-refractivity contribution < 1.29 is 14.3 Å². The number of carbonyl (C=O) groups is 1. The second-order valence-electron chi connectivity index (χ2n) is 3.41. The van der Waals surface area contributed by atoms with Gasteiger partial charge in [-0.25, -0.2) is 0 Å². The number of hydrogen-bond acceptors (Lipinski definition) is 4. The van der Waals surface area contributed by atoms with Gasteiger partial charge in [-0.05, 0) is 14.0 Å². The van der Waals surface area contributed by atoms with Crippen LogP contribution in [0.4, 0.5) is 0 Å². The molecule has 5 heteroatoms. The number of nitrogens with one attached hydrogen (secondary N) is 1. The third-order valence-corrected chi connectivity index (χ3v) is 2.12. The summed E-state index contributed by atoms with van der Waals surface area (Å²) in [6.45, 7) is 3.99. The summed E-state index contributed by atoms with van der Waals surface area (Å²) in [5, 5.41) is 2.85. The molecule has 0 bridgehead atoms. The number of ether oxygens (including phenoxy) is 2. The Balaban J connectivity index is 4.21. The van der Waals surface area contributed by atoms with Gasteiger partial charge < -0.3 is 19.7 Å². The molecule has 15 heavy (non-hydrogen) atoms. The zero-order valence-electron chi connectivity index (χ0n) is 10.1. The second-order valence-corrected chi connectivity index (χ2v) is 3.41. The molecule has 0 aliphatic carbocycles. The molecule has 0 heterocycles. The number of hydrogen-bond donors (Lipinski definition) is 1. The smallest absolute Gasteiger partial charge is 0.236 e. The first-order chi connectivity index (χ1) is 7.17. The maximum Gasteiger partial charge on any atom is 0.236 e. The van der Waals surface area contributed by atoms with E-state index >= 15 is 0 Å². The van der Waals surface area contributed by atoms with E-state index < -0.39 is 0 Å². The minimum atomic E-state index is 0.0686. The molecule has 0 aliphatic heterocycles. The highest BCUT2D eigenvalue weighted by atomic mass is 16.5. The van der Waals surface area contributed by atoms with Crippen molar-refractivity contribution in [1.29, 1.82) is 0 Å². The van der Waals surface area contributed by atoms with E-state index in [1.165, 1.54) is 0 Å². The van der Waals surface area contributed by atoms with Crippen LogP contribution in [0.2, 0.25) is 0 Å². The fourth-order valence-corrected chi connectivity index (χ4v) is 1.36. The van der Waals surface area contributed by atoms with Crippen molar-refractivity contribution in [1.82, 2.24) is 10.2 Å². The molecule has 0 rings (SSSR count). The summed E-state index contributed by atoms with van der Waals surface area (Å²) < 4.78 is 10.0. The number of amides is 1. The molecule has 1 N–H and O–H groups in total. The molecular weight excluding hydrogens is 196 g/mol. The molecule has 0 radical (unpaired) electrons. The van der Waals surface area contributed by atoms with Gasteiger partial charge in [0.05, 0.1) is 25.8 Å². The third-order valence-electron chi connectivity index (χ3n) is 2.12. The lowest BCUT2D eigenvalue weighted by atomic mass is 10.3. The fraction of sp³-hybridized carbons (Fsp3) is 0.900. The minimum Gasteiger partial charge on any atom is -0.383 e. The van der Waals surface area contributed by atoms with Gasteiger partial charge in [-0.3, -0.25) is 4.79 Å². The summed E-state index contributed by atoms with van der Waals surface area (Å²) in [4.78, 5) is 13.5. The monoisotopic (exact) mass is 218 g/mol. The van der Waals surface area contributed by atoms with Crippen molar-refractivity contribution in [3.63, 3.8) is 0 Å². The number of nitrogens with zero attached hydrogens (tertiary/aromatic N) is 1. The molecule has 0 saturated carbocycles. The Bertz CT molecular complexity index is 176. The summed E-state index contributed by atoms with van der Waals surface area (Å²) in [5.74, 6) is 0.0686. The quantitative estimate of drug-likeness (QED) is 0.608. The van der Waals surface area contributed by atoms with E-state index in [2.05, 4.69) is 5.32 Å². The van der Waals surface area contributed by atoms with Crippen LogP contribution >= 0.6 is 0 Å². The summed E-state index contributed by atoms with van der Waals surface area (Å²) in [6, 6.07) is 0.0750.